The zero-order chi connectivity index (χ0) is 18.7. The van der Waals surface area contributed by atoms with Gasteiger partial charge >= 0.3 is 0 Å². The molecule has 3 rings (SSSR count). The molecule has 0 radical (unpaired) electrons. The van der Waals surface area contributed by atoms with Gasteiger partial charge in [0.25, 0.3) is 5.91 Å². The minimum atomic E-state index is -0.216. The van der Waals surface area contributed by atoms with Crippen LogP contribution in [-0.2, 0) is 9.59 Å². The first-order valence-electron chi connectivity index (χ1n) is 8.79. The molecular weight excluding hydrogens is 328 g/mol. The van der Waals surface area contributed by atoms with Crippen LogP contribution in [-0.4, -0.2) is 31.0 Å². The van der Waals surface area contributed by atoms with Crippen LogP contribution in [0.1, 0.15) is 23.1 Å². The van der Waals surface area contributed by atoms with E-state index in [2.05, 4.69) is 5.32 Å². The normalized spacial score (nSPS) is 16.7. The van der Waals surface area contributed by atoms with E-state index in [4.69, 9.17) is 4.74 Å². The molecule has 5 heteroatoms. The maximum atomic E-state index is 12.3. The van der Waals surface area contributed by atoms with Gasteiger partial charge in [0, 0.05) is 18.7 Å². The Morgan fingerprint density at radius 1 is 1.15 bits per heavy atom. The monoisotopic (exact) mass is 352 g/mol. The summed E-state index contributed by atoms with van der Waals surface area (Å²) in [5.74, 6) is 0.476. The highest BCUT2D eigenvalue weighted by Gasteiger charge is 2.31. The first kappa shape index (κ1) is 18.0. The summed E-state index contributed by atoms with van der Waals surface area (Å²) in [6.07, 6.45) is 0.309. The minimum Gasteiger partial charge on any atom is -0.484 e. The average Bonchev–Trinajstić information content (AvgIpc) is 2.96. The molecule has 0 aromatic heterocycles. The summed E-state index contributed by atoms with van der Waals surface area (Å²) in [6, 6.07) is 13.3. The van der Waals surface area contributed by atoms with E-state index in [1.54, 1.807) is 4.90 Å². The molecule has 136 valence electrons. The van der Waals surface area contributed by atoms with E-state index >= 15 is 0 Å². The lowest BCUT2D eigenvalue weighted by Crippen LogP contribution is -2.39. The molecule has 1 atom stereocenters. The van der Waals surface area contributed by atoms with Crippen LogP contribution in [0.25, 0.3) is 0 Å². The number of rotatable bonds is 5. The SMILES string of the molecule is Cc1cccc(OCC(=O)N[C@@H]2CC(=O)N(c3ccc(C)c(C)c3)C2)c1. The number of aryl methyl sites for hydroxylation is 3. The van der Waals surface area contributed by atoms with Gasteiger partial charge < -0.3 is 15.0 Å². The Bertz CT molecular complexity index is 832. The van der Waals surface area contributed by atoms with Crippen molar-refractivity contribution in [1.82, 2.24) is 5.32 Å². The van der Waals surface area contributed by atoms with Crippen molar-refractivity contribution in [2.45, 2.75) is 33.2 Å². The van der Waals surface area contributed by atoms with E-state index in [-0.39, 0.29) is 24.5 Å². The van der Waals surface area contributed by atoms with Crippen LogP contribution in [0.4, 0.5) is 5.69 Å². The van der Waals surface area contributed by atoms with E-state index in [1.165, 1.54) is 5.56 Å². The van der Waals surface area contributed by atoms with Gasteiger partial charge in [-0.05, 0) is 61.7 Å². The first-order chi connectivity index (χ1) is 12.4. The van der Waals surface area contributed by atoms with Crippen molar-refractivity contribution in [3.05, 3.63) is 59.2 Å². The van der Waals surface area contributed by atoms with Gasteiger partial charge in [0.2, 0.25) is 5.91 Å². The molecule has 5 nitrogen and oxygen atoms in total. The number of anilines is 1. The number of carbonyl (C=O) groups is 2. The topological polar surface area (TPSA) is 58.6 Å². The number of nitrogens with one attached hydrogen (secondary N) is 1. The highest BCUT2D eigenvalue weighted by molar-refractivity contribution is 5.97. The molecule has 1 heterocycles. The van der Waals surface area contributed by atoms with Gasteiger partial charge in [-0.15, -0.1) is 0 Å². The summed E-state index contributed by atoms with van der Waals surface area (Å²) in [5, 5.41) is 2.89. The molecule has 0 aliphatic carbocycles. The molecule has 0 unspecified atom stereocenters. The van der Waals surface area contributed by atoms with Crippen molar-refractivity contribution >= 4 is 17.5 Å². The second kappa shape index (κ2) is 7.60. The number of benzene rings is 2. The summed E-state index contributed by atoms with van der Waals surface area (Å²) in [4.78, 5) is 26.2. The zero-order valence-corrected chi connectivity index (χ0v) is 15.4. The number of nitrogens with zero attached hydrogens (tertiary/aromatic N) is 1. The summed E-state index contributed by atoms with van der Waals surface area (Å²) >= 11 is 0. The number of amides is 2. The molecule has 2 aromatic rings. The molecule has 1 fully saturated rings. The van der Waals surface area contributed by atoms with Gasteiger partial charge in [0.1, 0.15) is 5.75 Å². The Morgan fingerprint density at radius 2 is 1.96 bits per heavy atom. The molecule has 0 spiro atoms. The Kier molecular flexibility index (Phi) is 5.26. The van der Waals surface area contributed by atoms with Crippen molar-refractivity contribution in [3.63, 3.8) is 0 Å². The number of hydrogen-bond acceptors (Lipinski definition) is 3. The predicted octanol–water partition coefficient (Wildman–Crippen LogP) is 2.91. The van der Waals surface area contributed by atoms with Gasteiger partial charge in [0.15, 0.2) is 6.61 Å². The third-order valence-corrected chi connectivity index (χ3v) is 4.65. The zero-order valence-electron chi connectivity index (χ0n) is 15.4. The standard InChI is InChI=1S/C21H24N2O3/c1-14-5-4-6-19(9-14)26-13-20(24)22-17-11-21(25)23(12-17)18-8-7-15(2)16(3)10-18/h4-10,17H,11-13H2,1-3H3,(H,22,24)/t17-/m1/s1. The predicted molar refractivity (Wildman–Crippen MR) is 101 cm³/mol. The fourth-order valence-corrected chi connectivity index (χ4v) is 3.07. The lowest BCUT2D eigenvalue weighted by Gasteiger charge is -2.18. The molecule has 0 bridgehead atoms. The molecule has 26 heavy (non-hydrogen) atoms. The molecule has 2 aromatic carbocycles. The number of hydrogen-bond donors (Lipinski definition) is 1. The van der Waals surface area contributed by atoms with Gasteiger partial charge in [0.05, 0.1) is 6.04 Å². The van der Waals surface area contributed by atoms with Crippen molar-refractivity contribution in [1.29, 1.82) is 0 Å². The van der Waals surface area contributed by atoms with Crippen molar-refractivity contribution in [2.75, 3.05) is 18.1 Å². The molecule has 2 amide bonds. The maximum Gasteiger partial charge on any atom is 0.258 e. The third kappa shape index (κ3) is 4.23. The molecule has 1 aliphatic rings. The van der Waals surface area contributed by atoms with Crippen LogP contribution in [0.5, 0.6) is 5.75 Å². The van der Waals surface area contributed by atoms with E-state index in [9.17, 15) is 9.59 Å². The van der Waals surface area contributed by atoms with E-state index in [1.807, 2.05) is 63.2 Å². The van der Waals surface area contributed by atoms with Crippen LogP contribution in [0, 0.1) is 20.8 Å². The Hall–Kier alpha value is -2.82. The smallest absolute Gasteiger partial charge is 0.258 e. The van der Waals surface area contributed by atoms with Crippen molar-refractivity contribution < 1.29 is 14.3 Å². The fraction of sp³-hybridized carbons (Fsp3) is 0.333. The fourth-order valence-electron chi connectivity index (χ4n) is 3.07. The summed E-state index contributed by atoms with van der Waals surface area (Å²) in [7, 11) is 0. The van der Waals surface area contributed by atoms with Gasteiger partial charge in [-0.25, -0.2) is 0 Å². The van der Waals surface area contributed by atoms with Crippen LogP contribution < -0.4 is 15.0 Å². The summed E-state index contributed by atoms with van der Waals surface area (Å²) in [6.45, 7) is 6.47. The third-order valence-electron chi connectivity index (χ3n) is 4.65. The average molecular weight is 352 g/mol. The molecule has 1 aliphatic heterocycles. The van der Waals surface area contributed by atoms with E-state index < -0.39 is 0 Å². The molecular formula is C21H24N2O3. The number of ether oxygens (including phenoxy) is 1. The highest BCUT2D eigenvalue weighted by Crippen LogP contribution is 2.24. The Balaban J connectivity index is 1.55. The largest absolute Gasteiger partial charge is 0.484 e. The van der Waals surface area contributed by atoms with Gasteiger partial charge in [-0.3, -0.25) is 9.59 Å². The van der Waals surface area contributed by atoms with Crippen molar-refractivity contribution in [2.24, 2.45) is 0 Å². The quantitative estimate of drug-likeness (QED) is 0.900. The summed E-state index contributed by atoms with van der Waals surface area (Å²) in [5.41, 5.74) is 4.30. The lowest BCUT2D eigenvalue weighted by atomic mass is 10.1. The molecule has 0 saturated carbocycles. The molecule has 1 N–H and O–H groups in total. The Labute approximate surface area is 154 Å². The second-order valence-electron chi connectivity index (χ2n) is 6.85. The van der Waals surface area contributed by atoms with Crippen LogP contribution in [0.3, 0.4) is 0 Å². The van der Waals surface area contributed by atoms with Crippen LogP contribution in [0.15, 0.2) is 42.5 Å². The second-order valence-corrected chi connectivity index (χ2v) is 6.85. The van der Waals surface area contributed by atoms with E-state index in [0.717, 1.165) is 16.8 Å². The van der Waals surface area contributed by atoms with Gasteiger partial charge in [-0.2, -0.15) is 0 Å². The number of carbonyl (C=O) groups excluding carboxylic acids is 2. The van der Waals surface area contributed by atoms with Crippen molar-refractivity contribution in [3.8, 4) is 5.75 Å². The van der Waals surface area contributed by atoms with Crippen LogP contribution >= 0.6 is 0 Å². The first-order valence-corrected chi connectivity index (χ1v) is 8.79. The van der Waals surface area contributed by atoms with E-state index in [0.29, 0.717) is 18.7 Å². The highest BCUT2D eigenvalue weighted by atomic mass is 16.5. The lowest BCUT2D eigenvalue weighted by molar-refractivity contribution is -0.123. The maximum absolute atomic E-state index is 12.3. The van der Waals surface area contributed by atoms with Crippen LogP contribution in [0.2, 0.25) is 0 Å². The Morgan fingerprint density at radius 3 is 2.69 bits per heavy atom. The minimum absolute atomic E-state index is 0.0261. The molecule has 1 saturated heterocycles. The van der Waals surface area contributed by atoms with Gasteiger partial charge in [-0.1, -0.05) is 18.2 Å². The summed E-state index contributed by atoms with van der Waals surface area (Å²) < 4.78 is 5.52.